The van der Waals surface area contributed by atoms with E-state index in [0.29, 0.717) is 11.8 Å². The van der Waals surface area contributed by atoms with Crippen LogP contribution >= 0.6 is 0 Å². The number of non-ortho nitro benzene ring substituents is 1. The van der Waals surface area contributed by atoms with Crippen molar-refractivity contribution in [2.24, 2.45) is 5.92 Å². The number of esters is 1. The van der Waals surface area contributed by atoms with E-state index in [1.807, 2.05) is 18.2 Å². The largest absolute Gasteiger partial charge is 0.426 e. The molecule has 2 aliphatic heterocycles. The Morgan fingerprint density at radius 2 is 1.81 bits per heavy atom. The van der Waals surface area contributed by atoms with Gasteiger partial charge >= 0.3 is 5.97 Å². The fourth-order valence-electron chi connectivity index (χ4n) is 4.65. The highest BCUT2D eigenvalue weighted by Gasteiger charge is 2.49. The van der Waals surface area contributed by atoms with Gasteiger partial charge in [-0.2, -0.15) is 0 Å². The van der Waals surface area contributed by atoms with Crippen LogP contribution in [0, 0.1) is 16.0 Å². The SMILES string of the molecule is CN1C2CC[C@@H]1C[C@H](c1ccc([N+](=O)[O-])cc1)C2C(=O)Oc1ccccc1. The highest BCUT2D eigenvalue weighted by molar-refractivity contribution is 5.77. The van der Waals surface area contributed by atoms with Crippen molar-refractivity contribution in [3.05, 3.63) is 70.3 Å². The van der Waals surface area contributed by atoms with E-state index in [9.17, 15) is 14.9 Å². The van der Waals surface area contributed by atoms with Crippen LogP contribution in [0.3, 0.4) is 0 Å². The topological polar surface area (TPSA) is 72.7 Å². The van der Waals surface area contributed by atoms with E-state index in [0.717, 1.165) is 24.8 Å². The highest BCUT2D eigenvalue weighted by atomic mass is 16.6. The molecular formula is C21H22N2O4. The Labute approximate surface area is 157 Å². The number of rotatable bonds is 4. The van der Waals surface area contributed by atoms with Crippen LogP contribution in [0.15, 0.2) is 54.6 Å². The molecule has 140 valence electrons. The number of hydrogen-bond donors (Lipinski definition) is 0. The van der Waals surface area contributed by atoms with Crippen molar-refractivity contribution in [2.45, 2.75) is 37.3 Å². The molecule has 6 heteroatoms. The zero-order valence-electron chi connectivity index (χ0n) is 15.2. The fourth-order valence-corrected chi connectivity index (χ4v) is 4.65. The Morgan fingerprint density at radius 1 is 1.11 bits per heavy atom. The average molecular weight is 366 g/mol. The minimum Gasteiger partial charge on any atom is -0.426 e. The molecule has 0 saturated carbocycles. The molecule has 27 heavy (non-hydrogen) atoms. The van der Waals surface area contributed by atoms with Crippen LogP contribution < -0.4 is 4.74 Å². The van der Waals surface area contributed by atoms with Crippen LogP contribution in [-0.2, 0) is 4.79 Å². The number of ether oxygens (including phenoxy) is 1. The van der Waals surface area contributed by atoms with Crippen molar-refractivity contribution in [2.75, 3.05) is 7.05 Å². The first kappa shape index (κ1) is 17.7. The van der Waals surface area contributed by atoms with Crippen molar-refractivity contribution in [3.63, 3.8) is 0 Å². The summed E-state index contributed by atoms with van der Waals surface area (Å²) in [5, 5.41) is 10.9. The summed E-state index contributed by atoms with van der Waals surface area (Å²) < 4.78 is 5.69. The Hall–Kier alpha value is -2.73. The zero-order chi connectivity index (χ0) is 19.0. The number of benzene rings is 2. The number of carbonyl (C=O) groups is 1. The fraction of sp³-hybridized carbons (Fsp3) is 0.381. The van der Waals surface area contributed by atoms with Gasteiger partial charge in [0.2, 0.25) is 0 Å². The third kappa shape index (κ3) is 3.32. The van der Waals surface area contributed by atoms with E-state index in [1.54, 1.807) is 24.3 Å². The van der Waals surface area contributed by atoms with Crippen molar-refractivity contribution in [1.82, 2.24) is 4.90 Å². The van der Waals surface area contributed by atoms with Gasteiger partial charge < -0.3 is 4.74 Å². The molecule has 2 unspecified atom stereocenters. The molecule has 2 heterocycles. The quantitative estimate of drug-likeness (QED) is 0.356. The van der Waals surface area contributed by atoms with Gasteiger partial charge in [-0.15, -0.1) is 0 Å². The van der Waals surface area contributed by atoms with E-state index in [1.165, 1.54) is 12.1 Å². The standard InChI is InChI=1S/C21H22N2O4/c1-22-16-11-12-19(22)20(21(24)27-17-5-3-2-4-6-17)18(13-16)14-7-9-15(10-8-14)23(25)26/h2-10,16,18-20H,11-13H2,1H3/t16-,18-,19?,20?/m1/s1. The highest BCUT2D eigenvalue weighted by Crippen LogP contribution is 2.46. The summed E-state index contributed by atoms with van der Waals surface area (Å²) in [5.41, 5.74) is 1.04. The number of para-hydroxylation sites is 1. The molecule has 0 aliphatic carbocycles. The van der Waals surface area contributed by atoms with Gasteiger partial charge in [0.05, 0.1) is 10.8 Å². The van der Waals surface area contributed by atoms with Crippen molar-refractivity contribution in [3.8, 4) is 5.75 Å². The molecule has 0 amide bonds. The van der Waals surface area contributed by atoms with Gasteiger partial charge in [0, 0.05) is 30.1 Å². The van der Waals surface area contributed by atoms with Crippen LogP contribution in [-0.4, -0.2) is 34.9 Å². The lowest BCUT2D eigenvalue weighted by Gasteiger charge is -2.41. The van der Waals surface area contributed by atoms with E-state index >= 15 is 0 Å². The van der Waals surface area contributed by atoms with Crippen LogP contribution in [0.4, 0.5) is 5.69 Å². The van der Waals surface area contributed by atoms with Crippen LogP contribution in [0.1, 0.15) is 30.7 Å². The van der Waals surface area contributed by atoms with E-state index < -0.39 is 4.92 Å². The molecule has 2 bridgehead atoms. The number of nitro benzene ring substituents is 1. The average Bonchev–Trinajstić information content (AvgIpc) is 2.91. The lowest BCUT2D eigenvalue weighted by atomic mass is 9.76. The van der Waals surface area contributed by atoms with Gasteiger partial charge in [-0.3, -0.25) is 19.8 Å². The van der Waals surface area contributed by atoms with Crippen LogP contribution in [0.25, 0.3) is 0 Å². The Kier molecular flexibility index (Phi) is 4.66. The monoisotopic (exact) mass is 366 g/mol. The lowest BCUT2D eigenvalue weighted by Crippen LogP contribution is -2.49. The van der Waals surface area contributed by atoms with E-state index in [-0.39, 0.29) is 29.5 Å². The predicted octanol–water partition coefficient (Wildman–Crippen LogP) is 3.77. The Morgan fingerprint density at radius 3 is 2.48 bits per heavy atom. The molecule has 2 fully saturated rings. The second kappa shape index (κ2) is 7.12. The molecule has 2 aliphatic rings. The molecule has 0 aromatic heterocycles. The molecular weight excluding hydrogens is 344 g/mol. The second-order valence-corrected chi connectivity index (χ2v) is 7.41. The number of hydrogen-bond acceptors (Lipinski definition) is 5. The number of carbonyl (C=O) groups excluding carboxylic acids is 1. The third-order valence-corrected chi connectivity index (χ3v) is 6.03. The first-order valence-corrected chi connectivity index (χ1v) is 9.27. The van der Waals surface area contributed by atoms with Gasteiger partial charge in [0.25, 0.3) is 5.69 Å². The molecule has 6 nitrogen and oxygen atoms in total. The zero-order valence-corrected chi connectivity index (χ0v) is 15.2. The summed E-state index contributed by atoms with van der Waals surface area (Å²) in [4.78, 5) is 26.0. The first-order chi connectivity index (χ1) is 13.0. The maximum Gasteiger partial charge on any atom is 0.316 e. The maximum absolute atomic E-state index is 13.1. The van der Waals surface area contributed by atoms with E-state index in [4.69, 9.17) is 4.74 Å². The van der Waals surface area contributed by atoms with Crippen molar-refractivity contribution < 1.29 is 14.5 Å². The van der Waals surface area contributed by atoms with Gasteiger partial charge in [0.1, 0.15) is 5.75 Å². The van der Waals surface area contributed by atoms with Crippen LogP contribution in [0.5, 0.6) is 5.75 Å². The summed E-state index contributed by atoms with van der Waals surface area (Å²) in [7, 11) is 2.08. The van der Waals surface area contributed by atoms with Gasteiger partial charge in [-0.25, -0.2) is 0 Å². The number of fused-ring (bicyclic) bond motifs is 2. The molecule has 2 aromatic carbocycles. The normalized spacial score (nSPS) is 27.3. The summed E-state index contributed by atoms with van der Waals surface area (Å²) in [5.74, 6) is 0.0561. The lowest BCUT2D eigenvalue weighted by molar-refractivity contribution is -0.384. The third-order valence-electron chi connectivity index (χ3n) is 6.03. The maximum atomic E-state index is 13.1. The first-order valence-electron chi connectivity index (χ1n) is 9.27. The number of nitro groups is 1. The van der Waals surface area contributed by atoms with Crippen molar-refractivity contribution in [1.29, 1.82) is 0 Å². The molecule has 4 rings (SSSR count). The van der Waals surface area contributed by atoms with E-state index in [2.05, 4.69) is 11.9 Å². The molecule has 0 N–H and O–H groups in total. The molecule has 0 radical (unpaired) electrons. The van der Waals surface area contributed by atoms with Gasteiger partial charge in [-0.1, -0.05) is 30.3 Å². The van der Waals surface area contributed by atoms with Gasteiger partial charge in [0.15, 0.2) is 0 Å². The summed E-state index contributed by atoms with van der Waals surface area (Å²) in [6.07, 6.45) is 2.90. The molecule has 0 spiro atoms. The minimum atomic E-state index is -0.400. The molecule has 4 atom stereocenters. The second-order valence-electron chi connectivity index (χ2n) is 7.41. The Balaban J connectivity index is 1.64. The molecule has 2 aromatic rings. The minimum absolute atomic E-state index is 0.00992. The smallest absolute Gasteiger partial charge is 0.316 e. The number of nitrogens with zero attached hydrogens (tertiary/aromatic N) is 2. The predicted molar refractivity (Wildman–Crippen MR) is 101 cm³/mol. The summed E-state index contributed by atoms with van der Waals surface area (Å²) in [6.45, 7) is 0. The van der Waals surface area contributed by atoms with Crippen LogP contribution in [0.2, 0.25) is 0 Å². The van der Waals surface area contributed by atoms with Crippen molar-refractivity contribution >= 4 is 11.7 Å². The number of piperidine rings is 1. The summed E-state index contributed by atoms with van der Waals surface area (Å²) >= 11 is 0. The Bertz CT molecular complexity index is 837. The summed E-state index contributed by atoms with van der Waals surface area (Å²) in [6, 6.07) is 16.3. The molecule has 2 saturated heterocycles. The van der Waals surface area contributed by atoms with Gasteiger partial charge in [-0.05, 0) is 44.0 Å².